The zero-order chi connectivity index (χ0) is 10.7. The summed E-state index contributed by atoms with van der Waals surface area (Å²) in [5, 5.41) is 0. The lowest BCUT2D eigenvalue weighted by Gasteiger charge is -2.02. The van der Waals surface area contributed by atoms with Gasteiger partial charge in [-0.1, -0.05) is 0 Å². The largest absolute Gasteiger partial charge is 0.469 e. The number of rotatable bonds is 2. The summed E-state index contributed by atoms with van der Waals surface area (Å²) in [5.41, 5.74) is -0.0697. The molecule has 0 saturated heterocycles. The molecule has 2 saturated carbocycles. The zero-order valence-corrected chi connectivity index (χ0v) is 8.29. The van der Waals surface area contributed by atoms with Gasteiger partial charge in [-0.05, 0) is 24.5 Å². The number of halogens is 1. The van der Waals surface area contributed by atoms with Crippen LogP contribution in [0.25, 0.3) is 0 Å². The second kappa shape index (κ2) is 2.38. The van der Waals surface area contributed by atoms with Crippen LogP contribution in [0.1, 0.15) is 18.4 Å². The van der Waals surface area contributed by atoms with E-state index >= 15 is 0 Å². The Labute approximate surface area is 86.3 Å². The number of hydrogen-bond donors (Lipinski definition) is 0. The molecule has 1 aromatic rings. The first-order valence-electron chi connectivity index (χ1n) is 4.85. The molecule has 0 aliphatic heterocycles. The fraction of sp³-hybridized carbons (Fsp3) is 0.455. The highest BCUT2D eigenvalue weighted by Gasteiger charge is 2.89. The summed E-state index contributed by atoms with van der Waals surface area (Å²) < 4.78 is 18.2. The van der Waals surface area contributed by atoms with E-state index in [0.717, 1.165) is 0 Å². The van der Waals surface area contributed by atoms with E-state index in [1.807, 2.05) is 0 Å². The molecule has 1 heterocycles. The molecule has 0 atom stereocenters. The smallest absolute Gasteiger partial charge is 0.312 e. The molecule has 15 heavy (non-hydrogen) atoms. The first-order chi connectivity index (χ1) is 7.16. The van der Waals surface area contributed by atoms with Crippen molar-refractivity contribution in [3.05, 3.63) is 29.8 Å². The molecule has 1 aromatic heterocycles. The van der Waals surface area contributed by atoms with Crippen LogP contribution in [-0.4, -0.2) is 18.1 Å². The van der Waals surface area contributed by atoms with E-state index < -0.39 is 5.41 Å². The van der Waals surface area contributed by atoms with Crippen molar-refractivity contribution in [2.24, 2.45) is 5.41 Å². The fourth-order valence-corrected chi connectivity index (χ4v) is 2.64. The second-order valence-corrected chi connectivity index (χ2v) is 4.36. The number of esters is 1. The predicted octanol–water partition coefficient (Wildman–Crippen LogP) is 1.43. The molecule has 4 heteroatoms. The number of pyridine rings is 1. The van der Waals surface area contributed by atoms with Gasteiger partial charge in [0.05, 0.1) is 18.7 Å². The van der Waals surface area contributed by atoms with E-state index in [1.54, 1.807) is 12.3 Å². The molecule has 78 valence electrons. The normalized spacial score (nSPS) is 35.6. The van der Waals surface area contributed by atoms with Gasteiger partial charge in [0.15, 0.2) is 0 Å². The van der Waals surface area contributed by atoms with Crippen LogP contribution in [0.15, 0.2) is 18.5 Å². The van der Waals surface area contributed by atoms with Gasteiger partial charge in [-0.15, -0.1) is 0 Å². The first kappa shape index (κ1) is 8.83. The fourth-order valence-electron chi connectivity index (χ4n) is 2.64. The average molecular weight is 207 g/mol. The van der Waals surface area contributed by atoms with Crippen LogP contribution in [0.5, 0.6) is 0 Å². The number of fused-ring (bicyclic) bond motifs is 1. The molecule has 2 fully saturated rings. The summed E-state index contributed by atoms with van der Waals surface area (Å²) in [6, 6.07) is 1.66. The van der Waals surface area contributed by atoms with E-state index in [0.29, 0.717) is 18.4 Å². The van der Waals surface area contributed by atoms with Crippen molar-refractivity contribution in [1.29, 1.82) is 0 Å². The lowest BCUT2D eigenvalue weighted by Crippen LogP contribution is -2.08. The maximum atomic E-state index is 13.5. The molecule has 2 aliphatic rings. The number of carbonyl (C=O) groups excluding carboxylic acids is 1. The van der Waals surface area contributed by atoms with Crippen molar-refractivity contribution in [2.75, 3.05) is 7.11 Å². The maximum Gasteiger partial charge on any atom is 0.312 e. The SMILES string of the molecule is COC(=O)C12CC1(c1ccncc1F)C2. The van der Waals surface area contributed by atoms with Gasteiger partial charge in [-0.2, -0.15) is 0 Å². The van der Waals surface area contributed by atoms with E-state index in [1.165, 1.54) is 13.3 Å². The number of ether oxygens (including phenoxy) is 1. The van der Waals surface area contributed by atoms with Gasteiger partial charge in [-0.25, -0.2) is 4.39 Å². The van der Waals surface area contributed by atoms with E-state index in [9.17, 15) is 9.18 Å². The summed E-state index contributed by atoms with van der Waals surface area (Å²) in [6.07, 6.45) is 4.19. The van der Waals surface area contributed by atoms with Gasteiger partial charge in [0, 0.05) is 11.6 Å². The Kier molecular flexibility index (Phi) is 1.40. The Morgan fingerprint density at radius 1 is 1.60 bits per heavy atom. The molecule has 0 bridgehead atoms. The molecule has 3 nitrogen and oxygen atoms in total. The van der Waals surface area contributed by atoms with Crippen molar-refractivity contribution in [2.45, 2.75) is 18.3 Å². The number of methoxy groups -OCH3 is 1. The molecule has 0 radical (unpaired) electrons. The summed E-state index contributed by atoms with van der Waals surface area (Å²) in [7, 11) is 1.38. The van der Waals surface area contributed by atoms with Crippen LogP contribution < -0.4 is 0 Å². The Morgan fingerprint density at radius 3 is 2.93 bits per heavy atom. The van der Waals surface area contributed by atoms with Crippen molar-refractivity contribution < 1.29 is 13.9 Å². The average Bonchev–Trinajstić information content (AvgIpc) is 3.03. The minimum Gasteiger partial charge on any atom is -0.469 e. The molecule has 0 spiro atoms. The molecule has 0 amide bonds. The molecule has 2 aliphatic carbocycles. The third-order valence-electron chi connectivity index (χ3n) is 3.74. The van der Waals surface area contributed by atoms with Crippen LogP contribution >= 0.6 is 0 Å². The van der Waals surface area contributed by atoms with E-state index in [2.05, 4.69) is 4.98 Å². The van der Waals surface area contributed by atoms with Crippen molar-refractivity contribution >= 4 is 5.97 Å². The van der Waals surface area contributed by atoms with Gasteiger partial charge < -0.3 is 4.74 Å². The zero-order valence-electron chi connectivity index (χ0n) is 8.29. The first-order valence-corrected chi connectivity index (χ1v) is 4.85. The summed E-state index contributed by atoms with van der Waals surface area (Å²) in [5.74, 6) is -0.528. The third-order valence-corrected chi connectivity index (χ3v) is 3.74. The van der Waals surface area contributed by atoms with Crippen molar-refractivity contribution in [3.8, 4) is 0 Å². The van der Waals surface area contributed by atoms with Gasteiger partial charge in [0.2, 0.25) is 0 Å². The molecule has 0 N–H and O–H groups in total. The molecule has 0 unspecified atom stereocenters. The Bertz CT molecular complexity index is 452. The van der Waals surface area contributed by atoms with Gasteiger partial charge in [0.1, 0.15) is 5.82 Å². The summed E-state index contributed by atoms with van der Waals surface area (Å²) in [6.45, 7) is 0. The molecular weight excluding hydrogens is 197 g/mol. The lowest BCUT2D eigenvalue weighted by molar-refractivity contribution is -0.144. The topological polar surface area (TPSA) is 39.2 Å². The van der Waals surface area contributed by atoms with Crippen LogP contribution in [0.4, 0.5) is 4.39 Å². The van der Waals surface area contributed by atoms with Gasteiger partial charge in [-0.3, -0.25) is 9.78 Å². The molecule has 3 rings (SSSR count). The maximum absolute atomic E-state index is 13.5. The highest BCUT2D eigenvalue weighted by molar-refractivity contribution is 5.90. The monoisotopic (exact) mass is 207 g/mol. The number of nitrogens with zero attached hydrogens (tertiary/aromatic N) is 1. The van der Waals surface area contributed by atoms with Crippen LogP contribution in [0.3, 0.4) is 0 Å². The van der Waals surface area contributed by atoms with Crippen molar-refractivity contribution in [1.82, 2.24) is 4.98 Å². The molecule has 0 aromatic carbocycles. The number of aromatic nitrogens is 1. The van der Waals surface area contributed by atoms with Crippen LogP contribution in [0.2, 0.25) is 0 Å². The minimum atomic E-state index is -0.413. The predicted molar refractivity (Wildman–Crippen MR) is 49.6 cm³/mol. The minimum absolute atomic E-state index is 0.210. The third kappa shape index (κ3) is 0.850. The van der Waals surface area contributed by atoms with Crippen LogP contribution in [-0.2, 0) is 14.9 Å². The number of hydrogen-bond acceptors (Lipinski definition) is 3. The Hall–Kier alpha value is -1.45. The quantitative estimate of drug-likeness (QED) is 0.688. The highest BCUT2D eigenvalue weighted by atomic mass is 19.1. The van der Waals surface area contributed by atoms with Crippen LogP contribution in [0, 0.1) is 11.2 Å². The second-order valence-electron chi connectivity index (χ2n) is 4.36. The van der Waals surface area contributed by atoms with Gasteiger partial charge >= 0.3 is 5.97 Å². The molecular formula is C11H10FNO2. The summed E-state index contributed by atoms with van der Waals surface area (Å²) in [4.78, 5) is 15.2. The van der Waals surface area contributed by atoms with Crippen molar-refractivity contribution in [3.63, 3.8) is 0 Å². The number of carbonyl (C=O) groups is 1. The van der Waals surface area contributed by atoms with E-state index in [-0.39, 0.29) is 17.2 Å². The highest BCUT2D eigenvalue weighted by Crippen LogP contribution is 2.86. The van der Waals surface area contributed by atoms with Gasteiger partial charge in [0.25, 0.3) is 0 Å². The Balaban J connectivity index is 1.96. The van der Waals surface area contributed by atoms with E-state index in [4.69, 9.17) is 4.74 Å². The lowest BCUT2D eigenvalue weighted by atomic mass is 10.1. The summed E-state index contributed by atoms with van der Waals surface area (Å²) >= 11 is 0. The Morgan fingerprint density at radius 2 is 2.33 bits per heavy atom. The standard InChI is InChI=1S/C11H10FNO2/c1-15-9(14)11-5-10(11,6-11)7-2-3-13-4-8(7)12/h2-4H,5-6H2,1H3.